The number of hydrogen-bond donors (Lipinski definition) is 0. The molecule has 0 N–H and O–H groups in total. The van der Waals surface area contributed by atoms with E-state index in [-0.39, 0.29) is 5.75 Å². The summed E-state index contributed by atoms with van der Waals surface area (Å²) >= 11 is 0. The minimum Gasteiger partial charge on any atom is -0.497 e. The monoisotopic (exact) mass is 270 g/mol. The normalized spacial score (nSPS) is 13.6. The first-order valence-corrected chi connectivity index (χ1v) is 4.64. The van der Waals surface area contributed by atoms with Crippen molar-refractivity contribution in [2.75, 3.05) is 7.11 Å². The predicted octanol–water partition coefficient (Wildman–Crippen LogP) is 4.20. The summed E-state index contributed by atoms with van der Waals surface area (Å²) in [4.78, 5) is 0. The van der Waals surface area contributed by atoms with Gasteiger partial charge in [0.05, 0.1) is 12.7 Å². The molecule has 0 saturated carbocycles. The SMILES string of the molecule is COc1ccc(/C(=C\C(F)(F)F)C(F)(F)F)cc1. The van der Waals surface area contributed by atoms with Crippen molar-refractivity contribution >= 4 is 5.57 Å². The summed E-state index contributed by atoms with van der Waals surface area (Å²) in [6.07, 6.45) is -10.9. The smallest absolute Gasteiger partial charge is 0.417 e. The molecule has 1 nitrogen and oxygen atoms in total. The van der Waals surface area contributed by atoms with Crippen LogP contribution in [0.15, 0.2) is 30.3 Å². The first-order chi connectivity index (χ1) is 8.13. The lowest BCUT2D eigenvalue weighted by molar-refractivity contribution is -0.0911. The van der Waals surface area contributed by atoms with Crippen molar-refractivity contribution in [2.45, 2.75) is 12.4 Å². The number of methoxy groups -OCH3 is 1. The standard InChI is InChI=1S/C11H8F6O/c1-18-8-4-2-7(3-5-8)9(11(15,16)17)6-10(12,13)14/h2-6H,1H3/b9-6+. The Kier molecular flexibility index (Phi) is 3.93. The molecule has 18 heavy (non-hydrogen) atoms. The summed E-state index contributed by atoms with van der Waals surface area (Å²) in [5, 5.41) is 0. The van der Waals surface area contributed by atoms with Gasteiger partial charge in [0.2, 0.25) is 0 Å². The molecule has 0 heterocycles. The fraction of sp³-hybridized carbons (Fsp3) is 0.273. The number of rotatable bonds is 2. The molecular formula is C11H8F6O. The van der Waals surface area contributed by atoms with E-state index in [4.69, 9.17) is 4.74 Å². The van der Waals surface area contributed by atoms with Crippen molar-refractivity contribution in [1.82, 2.24) is 0 Å². The van der Waals surface area contributed by atoms with Crippen LogP contribution in [0.3, 0.4) is 0 Å². The van der Waals surface area contributed by atoms with Crippen LogP contribution in [0.4, 0.5) is 26.3 Å². The lowest BCUT2D eigenvalue weighted by atomic mass is 10.0. The van der Waals surface area contributed by atoms with E-state index in [9.17, 15) is 26.3 Å². The average Bonchev–Trinajstić information content (AvgIpc) is 2.24. The van der Waals surface area contributed by atoms with Gasteiger partial charge in [0.25, 0.3) is 0 Å². The largest absolute Gasteiger partial charge is 0.497 e. The molecule has 0 amide bonds. The van der Waals surface area contributed by atoms with E-state index in [0.717, 1.165) is 24.3 Å². The van der Waals surface area contributed by atoms with Gasteiger partial charge in [0.15, 0.2) is 0 Å². The van der Waals surface area contributed by atoms with Gasteiger partial charge in [-0.3, -0.25) is 0 Å². The van der Waals surface area contributed by atoms with Crippen molar-refractivity contribution in [3.63, 3.8) is 0 Å². The van der Waals surface area contributed by atoms with Crippen LogP contribution in [0.2, 0.25) is 0 Å². The Labute approximate surface area is 98.7 Å². The van der Waals surface area contributed by atoms with Crippen molar-refractivity contribution in [2.24, 2.45) is 0 Å². The Balaban J connectivity index is 3.23. The third kappa shape index (κ3) is 3.97. The van der Waals surface area contributed by atoms with E-state index < -0.39 is 29.6 Å². The Bertz CT molecular complexity index is 426. The second-order valence-electron chi connectivity index (χ2n) is 3.33. The van der Waals surface area contributed by atoms with Gasteiger partial charge in [-0.1, -0.05) is 12.1 Å². The lowest BCUT2D eigenvalue weighted by Crippen LogP contribution is -2.15. The van der Waals surface area contributed by atoms with Gasteiger partial charge in [-0.05, 0) is 17.7 Å². The highest BCUT2D eigenvalue weighted by Gasteiger charge is 2.39. The summed E-state index contributed by atoms with van der Waals surface area (Å²) in [5.41, 5.74) is -2.31. The molecule has 0 aliphatic carbocycles. The maximum Gasteiger partial charge on any atom is 0.417 e. The molecule has 100 valence electrons. The van der Waals surface area contributed by atoms with Crippen molar-refractivity contribution in [3.05, 3.63) is 35.9 Å². The molecule has 0 aromatic heterocycles. The Morgan fingerprint density at radius 2 is 1.50 bits per heavy atom. The van der Waals surface area contributed by atoms with Crippen LogP contribution in [0.25, 0.3) is 5.57 Å². The van der Waals surface area contributed by atoms with Crippen LogP contribution >= 0.6 is 0 Å². The molecule has 1 aromatic carbocycles. The topological polar surface area (TPSA) is 9.23 Å². The maximum atomic E-state index is 12.5. The van der Waals surface area contributed by atoms with Gasteiger partial charge in [-0.2, -0.15) is 26.3 Å². The van der Waals surface area contributed by atoms with Crippen LogP contribution < -0.4 is 4.74 Å². The molecular weight excluding hydrogens is 262 g/mol. The highest BCUT2D eigenvalue weighted by Crippen LogP contribution is 2.37. The zero-order valence-electron chi connectivity index (χ0n) is 9.06. The highest BCUT2D eigenvalue weighted by atomic mass is 19.4. The van der Waals surface area contributed by atoms with E-state index in [2.05, 4.69) is 0 Å². The predicted molar refractivity (Wildman–Crippen MR) is 53.1 cm³/mol. The van der Waals surface area contributed by atoms with E-state index in [1.807, 2.05) is 0 Å². The first kappa shape index (κ1) is 14.4. The second kappa shape index (κ2) is 4.91. The number of alkyl halides is 6. The van der Waals surface area contributed by atoms with Crippen LogP contribution in [0.5, 0.6) is 5.75 Å². The van der Waals surface area contributed by atoms with Gasteiger partial charge >= 0.3 is 12.4 Å². The van der Waals surface area contributed by atoms with E-state index in [1.54, 1.807) is 0 Å². The Morgan fingerprint density at radius 1 is 1.00 bits per heavy atom. The van der Waals surface area contributed by atoms with E-state index in [1.165, 1.54) is 7.11 Å². The molecule has 0 atom stereocenters. The van der Waals surface area contributed by atoms with E-state index in [0.29, 0.717) is 0 Å². The minimum absolute atomic E-state index is 0.257. The highest BCUT2D eigenvalue weighted by molar-refractivity contribution is 5.70. The van der Waals surface area contributed by atoms with Crippen LogP contribution in [-0.4, -0.2) is 19.5 Å². The molecule has 0 bridgehead atoms. The van der Waals surface area contributed by atoms with Crippen LogP contribution in [0.1, 0.15) is 5.56 Å². The summed E-state index contributed by atoms with van der Waals surface area (Å²) in [6, 6.07) is 4.16. The molecule has 0 fully saturated rings. The minimum atomic E-state index is -5.08. The molecule has 0 radical (unpaired) electrons. The zero-order chi connectivity index (χ0) is 14.0. The Hall–Kier alpha value is -1.66. The average molecular weight is 270 g/mol. The Morgan fingerprint density at radius 3 is 1.83 bits per heavy atom. The molecule has 0 saturated heterocycles. The van der Waals surface area contributed by atoms with Gasteiger partial charge in [0.1, 0.15) is 5.75 Å². The van der Waals surface area contributed by atoms with Crippen LogP contribution in [0, 0.1) is 0 Å². The zero-order valence-corrected chi connectivity index (χ0v) is 9.06. The summed E-state index contributed by atoms with van der Waals surface area (Å²) < 4.78 is 78.5. The van der Waals surface area contributed by atoms with Crippen LogP contribution in [-0.2, 0) is 0 Å². The number of ether oxygens (including phenoxy) is 1. The van der Waals surface area contributed by atoms with Crippen molar-refractivity contribution in [1.29, 1.82) is 0 Å². The molecule has 0 aliphatic rings. The summed E-state index contributed by atoms with van der Waals surface area (Å²) in [7, 11) is 1.30. The number of hydrogen-bond acceptors (Lipinski definition) is 1. The van der Waals surface area contributed by atoms with Gasteiger partial charge < -0.3 is 4.74 Å². The third-order valence-electron chi connectivity index (χ3n) is 2.01. The molecule has 0 unspecified atom stereocenters. The molecule has 0 spiro atoms. The van der Waals surface area contributed by atoms with Crippen molar-refractivity contribution in [3.8, 4) is 5.75 Å². The molecule has 1 aromatic rings. The number of benzene rings is 1. The fourth-order valence-electron chi connectivity index (χ4n) is 1.26. The molecule has 1 rings (SSSR count). The molecule has 0 aliphatic heterocycles. The fourth-order valence-corrected chi connectivity index (χ4v) is 1.26. The van der Waals surface area contributed by atoms with Crippen molar-refractivity contribution < 1.29 is 31.1 Å². The van der Waals surface area contributed by atoms with Gasteiger partial charge in [-0.15, -0.1) is 0 Å². The number of halogens is 6. The second-order valence-corrected chi connectivity index (χ2v) is 3.33. The maximum absolute atomic E-state index is 12.5. The number of allylic oxidation sites excluding steroid dienone is 2. The van der Waals surface area contributed by atoms with E-state index >= 15 is 0 Å². The third-order valence-corrected chi connectivity index (χ3v) is 2.01. The summed E-state index contributed by atoms with van der Waals surface area (Å²) in [5.74, 6) is 0.257. The molecule has 7 heteroatoms. The quantitative estimate of drug-likeness (QED) is 0.732. The van der Waals surface area contributed by atoms with Gasteiger partial charge in [0, 0.05) is 6.08 Å². The summed E-state index contributed by atoms with van der Waals surface area (Å²) in [6.45, 7) is 0. The first-order valence-electron chi connectivity index (χ1n) is 4.64. The lowest BCUT2D eigenvalue weighted by Gasteiger charge is -2.13. The van der Waals surface area contributed by atoms with Gasteiger partial charge in [-0.25, -0.2) is 0 Å².